The molecule has 0 saturated carbocycles. The standard InChI is InChI=1S/C15H20N2O2/c1-10(2)4-5-11(3)17-9-16-13-7-6-12(15(18)19)8-14(13)17/h6-11H,4-5H2,1-3H3,(H,18,19). The second kappa shape index (κ2) is 5.43. The summed E-state index contributed by atoms with van der Waals surface area (Å²) in [5.74, 6) is -0.226. The van der Waals surface area contributed by atoms with Gasteiger partial charge in [-0.1, -0.05) is 13.8 Å². The summed E-state index contributed by atoms with van der Waals surface area (Å²) in [4.78, 5) is 15.4. The number of hydrogen-bond donors (Lipinski definition) is 1. The Balaban J connectivity index is 2.32. The van der Waals surface area contributed by atoms with Crippen LogP contribution in [0.2, 0.25) is 0 Å². The highest BCUT2D eigenvalue weighted by Crippen LogP contribution is 2.23. The van der Waals surface area contributed by atoms with Crippen molar-refractivity contribution in [1.82, 2.24) is 9.55 Å². The Morgan fingerprint density at radius 1 is 1.32 bits per heavy atom. The van der Waals surface area contributed by atoms with Crippen LogP contribution in [0.4, 0.5) is 0 Å². The van der Waals surface area contributed by atoms with Gasteiger partial charge in [-0.15, -0.1) is 0 Å². The van der Waals surface area contributed by atoms with E-state index in [-0.39, 0.29) is 0 Å². The first-order chi connectivity index (χ1) is 8.99. The number of rotatable bonds is 5. The molecule has 0 aliphatic rings. The van der Waals surface area contributed by atoms with Crippen molar-refractivity contribution in [3.63, 3.8) is 0 Å². The number of aromatic nitrogens is 2. The quantitative estimate of drug-likeness (QED) is 0.891. The van der Waals surface area contributed by atoms with Crippen LogP contribution in [0.1, 0.15) is 50.0 Å². The fourth-order valence-corrected chi connectivity index (χ4v) is 2.22. The molecule has 4 nitrogen and oxygen atoms in total. The lowest BCUT2D eigenvalue weighted by molar-refractivity contribution is 0.0697. The molecule has 1 heterocycles. The fourth-order valence-electron chi connectivity index (χ4n) is 2.22. The summed E-state index contributed by atoms with van der Waals surface area (Å²) < 4.78 is 2.07. The molecular formula is C15H20N2O2. The number of carboxylic acids is 1. The highest BCUT2D eigenvalue weighted by Gasteiger charge is 2.12. The number of carboxylic acid groups (broad SMARTS) is 1. The monoisotopic (exact) mass is 260 g/mol. The van der Waals surface area contributed by atoms with E-state index in [4.69, 9.17) is 5.11 Å². The van der Waals surface area contributed by atoms with Crippen molar-refractivity contribution in [2.75, 3.05) is 0 Å². The van der Waals surface area contributed by atoms with Crippen LogP contribution in [0.25, 0.3) is 11.0 Å². The van der Waals surface area contributed by atoms with Crippen LogP contribution >= 0.6 is 0 Å². The van der Waals surface area contributed by atoms with Gasteiger partial charge in [0.1, 0.15) is 0 Å². The van der Waals surface area contributed by atoms with Gasteiger partial charge >= 0.3 is 5.97 Å². The molecule has 0 spiro atoms. The van der Waals surface area contributed by atoms with Crippen LogP contribution in [0, 0.1) is 5.92 Å². The van der Waals surface area contributed by atoms with Crippen molar-refractivity contribution in [3.05, 3.63) is 30.1 Å². The summed E-state index contributed by atoms with van der Waals surface area (Å²) in [6, 6.07) is 5.40. The van der Waals surface area contributed by atoms with E-state index in [1.165, 1.54) is 0 Å². The van der Waals surface area contributed by atoms with Gasteiger partial charge in [0.15, 0.2) is 0 Å². The Morgan fingerprint density at radius 2 is 2.05 bits per heavy atom. The zero-order valence-electron chi connectivity index (χ0n) is 11.6. The Bertz CT molecular complexity index is 587. The lowest BCUT2D eigenvalue weighted by Crippen LogP contribution is -2.06. The van der Waals surface area contributed by atoms with Gasteiger partial charge in [-0.25, -0.2) is 9.78 Å². The molecule has 2 aromatic rings. The maximum Gasteiger partial charge on any atom is 0.335 e. The highest BCUT2D eigenvalue weighted by atomic mass is 16.4. The molecule has 1 N–H and O–H groups in total. The van der Waals surface area contributed by atoms with Crippen LogP contribution < -0.4 is 0 Å². The van der Waals surface area contributed by atoms with Gasteiger partial charge in [-0.2, -0.15) is 0 Å². The summed E-state index contributed by atoms with van der Waals surface area (Å²) in [7, 11) is 0. The summed E-state index contributed by atoms with van der Waals surface area (Å²) in [5, 5.41) is 9.06. The third kappa shape index (κ3) is 2.95. The van der Waals surface area contributed by atoms with E-state index in [1.54, 1.807) is 24.5 Å². The molecular weight excluding hydrogens is 240 g/mol. The van der Waals surface area contributed by atoms with Crippen LogP contribution in [-0.2, 0) is 0 Å². The lowest BCUT2D eigenvalue weighted by Gasteiger charge is -2.15. The van der Waals surface area contributed by atoms with E-state index in [0.717, 1.165) is 23.9 Å². The average molecular weight is 260 g/mol. The van der Waals surface area contributed by atoms with Gasteiger partial charge in [0.05, 0.1) is 22.9 Å². The topological polar surface area (TPSA) is 55.1 Å². The Kier molecular flexibility index (Phi) is 3.88. The van der Waals surface area contributed by atoms with Gasteiger partial charge in [0, 0.05) is 6.04 Å². The number of fused-ring (bicyclic) bond motifs is 1. The van der Waals surface area contributed by atoms with Crippen molar-refractivity contribution in [1.29, 1.82) is 0 Å². The first-order valence-corrected chi connectivity index (χ1v) is 6.69. The summed E-state index contributed by atoms with van der Waals surface area (Å²) in [6.07, 6.45) is 4.03. The molecule has 0 saturated heterocycles. The minimum atomic E-state index is -0.899. The Hall–Kier alpha value is -1.84. The molecule has 0 radical (unpaired) electrons. The Labute approximate surface area is 113 Å². The molecule has 0 amide bonds. The number of aromatic carboxylic acids is 1. The number of carbonyl (C=O) groups is 1. The van der Waals surface area contributed by atoms with Crippen LogP contribution in [-0.4, -0.2) is 20.6 Å². The van der Waals surface area contributed by atoms with E-state index in [2.05, 4.69) is 30.3 Å². The maximum absolute atomic E-state index is 11.0. The molecule has 0 aliphatic heterocycles. The molecule has 1 aromatic heterocycles. The molecule has 19 heavy (non-hydrogen) atoms. The second-order valence-electron chi connectivity index (χ2n) is 5.48. The smallest absolute Gasteiger partial charge is 0.335 e. The number of benzene rings is 1. The normalized spacial score (nSPS) is 13.1. The van der Waals surface area contributed by atoms with Gasteiger partial charge < -0.3 is 9.67 Å². The lowest BCUT2D eigenvalue weighted by atomic mass is 10.0. The maximum atomic E-state index is 11.0. The van der Waals surface area contributed by atoms with E-state index in [1.807, 2.05) is 0 Å². The van der Waals surface area contributed by atoms with Crippen molar-refractivity contribution in [2.45, 2.75) is 39.7 Å². The van der Waals surface area contributed by atoms with Crippen LogP contribution in [0.5, 0.6) is 0 Å². The average Bonchev–Trinajstić information content (AvgIpc) is 2.78. The number of imidazole rings is 1. The van der Waals surface area contributed by atoms with Crippen LogP contribution in [0.15, 0.2) is 24.5 Å². The molecule has 0 aliphatic carbocycles. The van der Waals surface area contributed by atoms with Gasteiger partial charge in [-0.05, 0) is 43.9 Å². The van der Waals surface area contributed by atoms with Gasteiger partial charge in [-0.3, -0.25) is 0 Å². The van der Waals surface area contributed by atoms with Crippen molar-refractivity contribution >= 4 is 17.0 Å². The van der Waals surface area contributed by atoms with E-state index >= 15 is 0 Å². The Morgan fingerprint density at radius 3 is 2.68 bits per heavy atom. The largest absolute Gasteiger partial charge is 0.478 e. The number of hydrogen-bond acceptors (Lipinski definition) is 2. The van der Waals surface area contributed by atoms with Crippen molar-refractivity contribution < 1.29 is 9.90 Å². The molecule has 4 heteroatoms. The van der Waals surface area contributed by atoms with E-state index in [9.17, 15) is 4.79 Å². The summed E-state index contributed by atoms with van der Waals surface area (Å²) in [6.45, 7) is 6.57. The predicted molar refractivity (Wildman–Crippen MR) is 75.5 cm³/mol. The first kappa shape index (κ1) is 13.6. The molecule has 1 unspecified atom stereocenters. The van der Waals surface area contributed by atoms with Gasteiger partial charge in [0.2, 0.25) is 0 Å². The predicted octanol–water partition coefficient (Wildman–Crippen LogP) is 3.73. The van der Waals surface area contributed by atoms with E-state index in [0.29, 0.717) is 17.5 Å². The fraction of sp³-hybridized carbons (Fsp3) is 0.467. The molecule has 0 fully saturated rings. The first-order valence-electron chi connectivity index (χ1n) is 6.69. The third-order valence-electron chi connectivity index (χ3n) is 3.46. The number of nitrogens with zero attached hydrogens (tertiary/aromatic N) is 2. The molecule has 1 aromatic carbocycles. The third-order valence-corrected chi connectivity index (χ3v) is 3.46. The zero-order chi connectivity index (χ0) is 14.0. The van der Waals surface area contributed by atoms with Gasteiger partial charge in [0.25, 0.3) is 0 Å². The minimum Gasteiger partial charge on any atom is -0.478 e. The molecule has 1 atom stereocenters. The minimum absolute atomic E-state index is 0.310. The van der Waals surface area contributed by atoms with E-state index < -0.39 is 5.97 Å². The molecule has 2 rings (SSSR count). The second-order valence-corrected chi connectivity index (χ2v) is 5.48. The highest BCUT2D eigenvalue weighted by molar-refractivity contribution is 5.92. The summed E-state index contributed by atoms with van der Waals surface area (Å²) >= 11 is 0. The summed E-state index contributed by atoms with van der Waals surface area (Å²) in [5.41, 5.74) is 2.06. The van der Waals surface area contributed by atoms with Crippen LogP contribution in [0.3, 0.4) is 0 Å². The zero-order valence-corrected chi connectivity index (χ0v) is 11.6. The van der Waals surface area contributed by atoms with Crippen molar-refractivity contribution in [2.24, 2.45) is 5.92 Å². The molecule has 0 bridgehead atoms. The SMILES string of the molecule is CC(C)CCC(C)n1cnc2ccc(C(=O)O)cc21. The molecule has 102 valence electrons. The van der Waals surface area contributed by atoms with Crippen molar-refractivity contribution in [3.8, 4) is 0 Å².